The Bertz CT molecular complexity index is 780. The monoisotopic (exact) mass is 320 g/mol. The maximum absolute atomic E-state index is 5.83. The van der Waals surface area contributed by atoms with Crippen molar-refractivity contribution in [2.45, 2.75) is 31.8 Å². The van der Waals surface area contributed by atoms with Crippen LogP contribution in [-0.4, -0.2) is 26.4 Å². The van der Waals surface area contributed by atoms with Gasteiger partial charge >= 0.3 is 0 Å². The molecule has 0 amide bonds. The quantitative estimate of drug-likeness (QED) is 0.724. The highest BCUT2D eigenvalue weighted by Gasteiger charge is 2.25. The first kappa shape index (κ1) is 15.0. The summed E-state index contributed by atoms with van der Waals surface area (Å²) in [6.07, 6.45) is 5.59. The third kappa shape index (κ3) is 3.21. The van der Waals surface area contributed by atoms with Crippen LogP contribution < -0.4 is 0 Å². The van der Waals surface area contributed by atoms with Gasteiger partial charge in [0.15, 0.2) is 17.5 Å². The minimum Gasteiger partial charge on any atom is -0.370 e. The summed E-state index contributed by atoms with van der Waals surface area (Å²) in [5.74, 6) is 2.51. The summed E-state index contributed by atoms with van der Waals surface area (Å²) in [6.45, 7) is 0.791. The van der Waals surface area contributed by atoms with Gasteiger partial charge in [-0.25, -0.2) is 9.97 Å². The second kappa shape index (κ2) is 6.93. The van der Waals surface area contributed by atoms with Crippen LogP contribution in [0.3, 0.4) is 0 Å². The van der Waals surface area contributed by atoms with E-state index < -0.39 is 0 Å². The summed E-state index contributed by atoms with van der Waals surface area (Å²) >= 11 is 0. The summed E-state index contributed by atoms with van der Waals surface area (Å²) in [6, 6.07) is 16.3. The summed E-state index contributed by atoms with van der Waals surface area (Å²) in [7, 11) is 0. The summed E-state index contributed by atoms with van der Waals surface area (Å²) in [5.41, 5.74) is 1.30. The first-order valence-electron chi connectivity index (χ1n) is 8.43. The molecule has 1 saturated heterocycles. The van der Waals surface area contributed by atoms with E-state index in [1.54, 1.807) is 6.20 Å². The fraction of sp³-hybridized carbons (Fsp3) is 0.316. The van der Waals surface area contributed by atoms with E-state index in [0.717, 1.165) is 49.8 Å². The Morgan fingerprint density at radius 2 is 1.92 bits per heavy atom. The first-order valence-corrected chi connectivity index (χ1v) is 8.43. The molecule has 3 heterocycles. The number of pyridine rings is 1. The lowest BCUT2D eigenvalue weighted by Gasteiger charge is -2.09. The number of hydrogen-bond donors (Lipinski definition) is 0. The Morgan fingerprint density at radius 3 is 2.67 bits per heavy atom. The molecule has 0 N–H and O–H groups in total. The minimum atomic E-state index is 0.0185. The van der Waals surface area contributed by atoms with Gasteiger partial charge in [0.25, 0.3) is 0 Å². The molecule has 1 aliphatic rings. The van der Waals surface area contributed by atoms with Gasteiger partial charge in [0.1, 0.15) is 6.10 Å². The summed E-state index contributed by atoms with van der Waals surface area (Å²) < 4.78 is 7.67. The zero-order valence-electron chi connectivity index (χ0n) is 13.5. The summed E-state index contributed by atoms with van der Waals surface area (Å²) in [4.78, 5) is 9.19. The molecule has 1 atom stereocenters. The van der Waals surface area contributed by atoms with Gasteiger partial charge < -0.3 is 4.74 Å². The molecule has 24 heavy (non-hydrogen) atoms. The molecule has 3 aromatic rings. The molecular weight excluding hydrogens is 300 g/mol. The smallest absolute Gasteiger partial charge is 0.163 e. The van der Waals surface area contributed by atoms with Gasteiger partial charge in [-0.3, -0.25) is 0 Å². The van der Waals surface area contributed by atoms with E-state index in [4.69, 9.17) is 14.8 Å². The molecule has 0 saturated carbocycles. The number of rotatable bonds is 5. The van der Waals surface area contributed by atoms with Gasteiger partial charge in [-0.2, -0.15) is 4.68 Å². The molecule has 0 radical (unpaired) electrons. The van der Waals surface area contributed by atoms with Crippen LogP contribution in [0.2, 0.25) is 0 Å². The third-order valence-corrected chi connectivity index (χ3v) is 4.24. The molecule has 0 aliphatic carbocycles. The van der Waals surface area contributed by atoms with E-state index in [-0.39, 0.29) is 6.10 Å². The van der Waals surface area contributed by atoms with Crippen molar-refractivity contribution in [2.75, 3.05) is 6.61 Å². The second-order valence-electron chi connectivity index (χ2n) is 5.97. The van der Waals surface area contributed by atoms with Crippen LogP contribution in [0.5, 0.6) is 0 Å². The van der Waals surface area contributed by atoms with Crippen LogP contribution in [0.25, 0.3) is 5.82 Å². The van der Waals surface area contributed by atoms with E-state index >= 15 is 0 Å². The highest BCUT2D eigenvalue weighted by Crippen LogP contribution is 2.28. The van der Waals surface area contributed by atoms with Crippen molar-refractivity contribution in [3.8, 4) is 5.82 Å². The van der Waals surface area contributed by atoms with Gasteiger partial charge in [0.05, 0.1) is 0 Å². The van der Waals surface area contributed by atoms with E-state index in [0.29, 0.717) is 0 Å². The molecule has 122 valence electrons. The number of aromatic nitrogens is 4. The van der Waals surface area contributed by atoms with Crippen LogP contribution in [-0.2, 0) is 17.6 Å². The lowest BCUT2D eigenvalue weighted by atomic mass is 10.1. The Kier molecular flexibility index (Phi) is 4.34. The average Bonchev–Trinajstić information content (AvgIpc) is 3.31. The number of ether oxygens (including phenoxy) is 1. The average molecular weight is 320 g/mol. The fourth-order valence-corrected chi connectivity index (χ4v) is 3.01. The van der Waals surface area contributed by atoms with Crippen molar-refractivity contribution in [2.24, 2.45) is 0 Å². The molecule has 5 heteroatoms. The molecule has 1 fully saturated rings. The maximum atomic E-state index is 5.83. The normalized spacial score (nSPS) is 17.2. The van der Waals surface area contributed by atoms with Gasteiger partial charge in [0, 0.05) is 19.2 Å². The zero-order chi connectivity index (χ0) is 16.2. The van der Waals surface area contributed by atoms with Crippen LogP contribution in [0, 0.1) is 0 Å². The Hall–Kier alpha value is -2.53. The standard InChI is InChI=1S/C19H20N4O/c1-2-7-15(8-3-1)11-12-17-21-19(16-9-6-14-24-16)23(22-17)18-10-4-5-13-20-18/h1-5,7-8,10,13,16H,6,9,11-12,14H2/t16-/m0/s1. The molecule has 0 spiro atoms. The van der Waals surface area contributed by atoms with Crippen LogP contribution in [0.1, 0.15) is 36.2 Å². The lowest BCUT2D eigenvalue weighted by molar-refractivity contribution is 0.103. The van der Waals surface area contributed by atoms with Crippen LogP contribution >= 0.6 is 0 Å². The molecule has 4 rings (SSSR count). The zero-order valence-corrected chi connectivity index (χ0v) is 13.5. The minimum absolute atomic E-state index is 0.0185. The maximum Gasteiger partial charge on any atom is 0.163 e. The number of nitrogens with zero attached hydrogens (tertiary/aromatic N) is 4. The molecule has 0 bridgehead atoms. The molecule has 2 aromatic heterocycles. The second-order valence-corrected chi connectivity index (χ2v) is 5.97. The third-order valence-electron chi connectivity index (χ3n) is 4.24. The Balaban J connectivity index is 1.61. The molecule has 0 unspecified atom stereocenters. The van der Waals surface area contributed by atoms with E-state index in [9.17, 15) is 0 Å². The molecule has 5 nitrogen and oxygen atoms in total. The summed E-state index contributed by atoms with van der Waals surface area (Å²) in [5, 5.41) is 4.70. The van der Waals surface area contributed by atoms with Crippen molar-refractivity contribution in [3.63, 3.8) is 0 Å². The predicted molar refractivity (Wildman–Crippen MR) is 90.9 cm³/mol. The van der Waals surface area contributed by atoms with E-state index in [1.165, 1.54) is 5.56 Å². The van der Waals surface area contributed by atoms with Crippen molar-refractivity contribution < 1.29 is 4.74 Å². The number of aryl methyl sites for hydroxylation is 2. The number of hydrogen-bond acceptors (Lipinski definition) is 4. The van der Waals surface area contributed by atoms with E-state index in [2.05, 4.69) is 29.2 Å². The largest absolute Gasteiger partial charge is 0.370 e. The number of benzene rings is 1. The highest BCUT2D eigenvalue weighted by atomic mass is 16.5. The van der Waals surface area contributed by atoms with Gasteiger partial charge in [-0.15, -0.1) is 5.10 Å². The molecule has 1 aliphatic heterocycles. The molecule has 1 aromatic carbocycles. The first-order chi connectivity index (χ1) is 11.9. The van der Waals surface area contributed by atoms with Gasteiger partial charge in [0.2, 0.25) is 0 Å². The highest BCUT2D eigenvalue weighted by molar-refractivity contribution is 5.23. The molecular formula is C19H20N4O. The van der Waals surface area contributed by atoms with Crippen LogP contribution in [0.4, 0.5) is 0 Å². The fourth-order valence-electron chi connectivity index (χ4n) is 3.01. The van der Waals surface area contributed by atoms with Crippen molar-refractivity contribution in [1.82, 2.24) is 19.7 Å². The van der Waals surface area contributed by atoms with Crippen LogP contribution in [0.15, 0.2) is 54.7 Å². The van der Waals surface area contributed by atoms with Crippen molar-refractivity contribution in [3.05, 3.63) is 71.9 Å². The van der Waals surface area contributed by atoms with Gasteiger partial charge in [-0.1, -0.05) is 36.4 Å². The van der Waals surface area contributed by atoms with E-state index in [1.807, 2.05) is 28.9 Å². The Morgan fingerprint density at radius 1 is 1.04 bits per heavy atom. The lowest BCUT2D eigenvalue weighted by Crippen LogP contribution is -2.09. The van der Waals surface area contributed by atoms with Crippen molar-refractivity contribution in [1.29, 1.82) is 0 Å². The van der Waals surface area contributed by atoms with Gasteiger partial charge in [-0.05, 0) is 37.0 Å². The predicted octanol–water partition coefficient (Wildman–Crippen LogP) is 3.30. The topological polar surface area (TPSA) is 52.8 Å². The SMILES string of the molecule is c1ccc(CCc2nc([C@@H]3CCCO3)n(-c3ccccn3)n2)cc1. The Labute approximate surface area is 141 Å². The van der Waals surface area contributed by atoms with Crippen molar-refractivity contribution >= 4 is 0 Å².